The molecule has 0 atom stereocenters. The first-order chi connectivity index (χ1) is 11.3. The van der Waals surface area contributed by atoms with Crippen molar-refractivity contribution in [2.45, 2.75) is 11.0 Å². The van der Waals surface area contributed by atoms with Gasteiger partial charge in [0, 0.05) is 16.7 Å². The van der Waals surface area contributed by atoms with E-state index < -0.39 is 0 Å². The van der Waals surface area contributed by atoms with Crippen LogP contribution in [0.15, 0.2) is 68.8 Å². The molecule has 0 radical (unpaired) electrons. The molecule has 2 heterocycles. The van der Waals surface area contributed by atoms with Crippen LogP contribution in [0.2, 0.25) is 5.02 Å². The number of aromatic nitrogens is 2. The summed E-state index contributed by atoms with van der Waals surface area (Å²) in [4.78, 5) is 8.70. The van der Waals surface area contributed by atoms with Crippen LogP contribution in [-0.2, 0) is 5.75 Å². The molecular weight excluding hydrogens is 332 g/mol. The van der Waals surface area contributed by atoms with Crippen LogP contribution in [0.3, 0.4) is 0 Å². The maximum atomic E-state index is 5.94. The zero-order chi connectivity index (χ0) is 15.6. The van der Waals surface area contributed by atoms with Crippen LogP contribution < -0.4 is 0 Å². The molecule has 6 heteroatoms. The third kappa shape index (κ3) is 3.11. The molecule has 0 aliphatic heterocycles. The summed E-state index contributed by atoms with van der Waals surface area (Å²) in [5.74, 6) is 1.94. The van der Waals surface area contributed by atoms with Gasteiger partial charge in [0.05, 0.1) is 11.9 Å². The SMILES string of the molecule is Clc1ccc2nc(SCc3ncc(-c4ccccc4)o3)oc2c1. The number of halogens is 1. The Hall–Kier alpha value is -2.24. The monoisotopic (exact) mass is 342 g/mol. The number of hydrogen-bond acceptors (Lipinski definition) is 5. The summed E-state index contributed by atoms with van der Waals surface area (Å²) >= 11 is 7.38. The number of thioether (sulfide) groups is 1. The van der Waals surface area contributed by atoms with Crippen molar-refractivity contribution in [2.24, 2.45) is 0 Å². The van der Waals surface area contributed by atoms with Gasteiger partial charge >= 0.3 is 0 Å². The second-order valence-electron chi connectivity index (χ2n) is 4.86. The van der Waals surface area contributed by atoms with Gasteiger partial charge in [-0.15, -0.1) is 0 Å². The van der Waals surface area contributed by atoms with Gasteiger partial charge in [0.1, 0.15) is 5.52 Å². The topological polar surface area (TPSA) is 52.1 Å². The van der Waals surface area contributed by atoms with Gasteiger partial charge in [-0.3, -0.25) is 0 Å². The van der Waals surface area contributed by atoms with Crippen LogP contribution in [-0.4, -0.2) is 9.97 Å². The number of nitrogens with zero attached hydrogens (tertiary/aromatic N) is 2. The minimum atomic E-state index is 0.549. The molecule has 0 aliphatic carbocycles. The van der Waals surface area contributed by atoms with Crippen molar-refractivity contribution < 1.29 is 8.83 Å². The Labute approximate surface area is 141 Å². The van der Waals surface area contributed by atoms with Gasteiger partial charge in [-0.05, 0) is 12.1 Å². The van der Waals surface area contributed by atoms with Gasteiger partial charge in [0.2, 0.25) is 5.89 Å². The molecule has 0 saturated carbocycles. The van der Waals surface area contributed by atoms with Gasteiger partial charge in [-0.2, -0.15) is 0 Å². The summed E-state index contributed by atoms with van der Waals surface area (Å²) in [5, 5.41) is 1.20. The second-order valence-corrected chi connectivity index (χ2v) is 6.23. The molecule has 0 unspecified atom stereocenters. The van der Waals surface area contributed by atoms with Crippen LogP contribution in [0.5, 0.6) is 0 Å². The zero-order valence-corrected chi connectivity index (χ0v) is 13.5. The van der Waals surface area contributed by atoms with E-state index in [2.05, 4.69) is 9.97 Å². The quantitative estimate of drug-likeness (QED) is 0.463. The van der Waals surface area contributed by atoms with Crippen molar-refractivity contribution in [3.8, 4) is 11.3 Å². The van der Waals surface area contributed by atoms with E-state index in [9.17, 15) is 0 Å². The predicted octanol–water partition coefficient (Wildman–Crippen LogP) is 5.43. The van der Waals surface area contributed by atoms with Crippen molar-refractivity contribution in [3.05, 3.63) is 65.6 Å². The summed E-state index contributed by atoms with van der Waals surface area (Å²) in [7, 11) is 0. The van der Waals surface area contributed by atoms with E-state index in [0.717, 1.165) is 16.8 Å². The van der Waals surface area contributed by atoms with E-state index in [1.54, 1.807) is 18.3 Å². The normalized spacial score (nSPS) is 11.2. The third-order valence-electron chi connectivity index (χ3n) is 3.26. The molecule has 0 spiro atoms. The van der Waals surface area contributed by atoms with Crippen molar-refractivity contribution in [2.75, 3.05) is 0 Å². The molecule has 2 aromatic heterocycles. The van der Waals surface area contributed by atoms with Crippen molar-refractivity contribution in [1.29, 1.82) is 0 Å². The maximum absolute atomic E-state index is 5.94. The van der Waals surface area contributed by atoms with Crippen LogP contribution in [0.4, 0.5) is 0 Å². The standard InChI is InChI=1S/C17H11ClN2O2S/c18-12-6-7-13-14(8-12)22-17(20-13)23-10-16-19-9-15(21-16)11-4-2-1-3-5-11/h1-9H,10H2. The first-order valence-corrected chi connectivity index (χ1v) is 8.33. The van der Waals surface area contributed by atoms with E-state index in [-0.39, 0.29) is 0 Å². The number of oxazole rings is 2. The van der Waals surface area contributed by atoms with Gasteiger partial charge in [0.15, 0.2) is 11.3 Å². The first kappa shape index (κ1) is 14.4. The summed E-state index contributed by atoms with van der Waals surface area (Å²) in [5.41, 5.74) is 2.47. The van der Waals surface area contributed by atoms with Gasteiger partial charge in [-0.1, -0.05) is 53.7 Å². The molecular formula is C17H11ClN2O2S. The van der Waals surface area contributed by atoms with E-state index in [1.165, 1.54) is 11.8 Å². The number of fused-ring (bicyclic) bond motifs is 1. The molecule has 4 rings (SSSR count). The van der Waals surface area contributed by atoms with Crippen molar-refractivity contribution in [3.63, 3.8) is 0 Å². The molecule has 4 nitrogen and oxygen atoms in total. The molecule has 2 aromatic carbocycles. The molecule has 0 bridgehead atoms. The molecule has 23 heavy (non-hydrogen) atoms. The van der Waals surface area contributed by atoms with Crippen LogP contribution >= 0.6 is 23.4 Å². The van der Waals surface area contributed by atoms with E-state index in [1.807, 2.05) is 36.4 Å². The highest BCUT2D eigenvalue weighted by Crippen LogP contribution is 2.28. The fourth-order valence-electron chi connectivity index (χ4n) is 2.18. The van der Waals surface area contributed by atoms with Crippen LogP contribution in [0.1, 0.15) is 5.89 Å². The van der Waals surface area contributed by atoms with E-state index in [4.69, 9.17) is 20.4 Å². The van der Waals surface area contributed by atoms with Gasteiger partial charge in [0.25, 0.3) is 5.22 Å². The lowest BCUT2D eigenvalue weighted by atomic mass is 10.2. The first-order valence-electron chi connectivity index (χ1n) is 6.97. The highest BCUT2D eigenvalue weighted by Gasteiger charge is 2.10. The summed E-state index contributed by atoms with van der Waals surface area (Å²) in [6, 6.07) is 15.3. The van der Waals surface area contributed by atoms with Gasteiger partial charge < -0.3 is 8.83 Å². The Kier molecular flexibility index (Phi) is 3.81. The van der Waals surface area contributed by atoms with Crippen LogP contribution in [0.25, 0.3) is 22.4 Å². The second kappa shape index (κ2) is 6.10. The highest BCUT2D eigenvalue weighted by atomic mass is 35.5. The molecule has 0 N–H and O–H groups in total. The average Bonchev–Trinajstić information content (AvgIpc) is 3.20. The Morgan fingerprint density at radius 2 is 1.91 bits per heavy atom. The van der Waals surface area contributed by atoms with E-state index >= 15 is 0 Å². The van der Waals surface area contributed by atoms with E-state index in [0.29, 0.717) is 27.5 Å². The number of hydrogen-bond donors (Lipinski definition) is 0. The largest absolute Gasteiger partial charge is 0.440 e. The summed E-state index contributed by atoms with van der Waals surface area (Å²) < 4.78 is 11.4. The third-order valence-corrected chi connectivity index (χ3v) is 4.31. The minimum Gasteiger partial charge on any atom is -0.440 e. The van der Waals surface area contributed by atoms with Crippen molar-refractivity contribution >= 4 is 34.5 Å². The maximum Gasteiger partial charge on any atom is 0.257 e. The lowest BCUT2D eigenvalue weighted by Gasteiger charge is -1.94. The Morgan fingerprint density at radius 1 is 1.04 bits per heavy atom. The highest BCUT2D eigenvalue weighted by molar-refractivity contribution is 7.98. The number of rotatable bonds is 4. The number of benzene rings is 2. The average molecular weight is 343 g/mol. The lowest BCUT2D eigenvalue weighted by molar-refractivity contribution is 0.486. The smallest absolute Gasteiger partial charge is 0.257 e. The minimum absolute atomic E-state index is 0.549. The Morgan fingerprint density at radius 3 is 2.78 bits per heavy atom. The lowest BCUT2D eigenvalue weighted by Crippen LogP contribution is -1.79. The molecule has 114 valence electrons. The molecule has 0 amide bonds. The fourth-order valence-corrected chi connectivity index (χ4v) is 3.03. The summed E-state index contributed by atoms with van der Waals surface area (Å²) in [6.07, 6.45) is 1.73. The fraction of sp³-hybridized carbons (Fsp3) is 0.0588. The molecule has 0 saturated heterocycles. The molecule has 4 aromatic rings. The van der Waals surface area contributed by atoms with Gasteiger partial charge in [-0.25, -0.2) is 9.97 Å². The Balaban J connectivity index is 1.49. The summed E-state index contributed by atoms with van der Waals surface area (Å²) in [6.45, 7) is 0. The predicted molar refractivity (Wildman–Crippen MR) is 90.5 cm³/mol. The molecule has 0 fully saturated rings. The van der Waals surface area contributed by atoms with Crippen LogP contribution in [0, 0.1) is 0 Å². The zero-order valence-electron chi connectivity index (χ0n) is 11.9. The van der Waals surface area contributed by atoms with Crippen molar-refractivity contribution in [1.82, 2.24) is 9.97 Å². The Bertz CT molecular complexity index is 950. The molecule has 0 aliphatic rings.